The van der Waals surface area contributed by atoms with E-state index in [0.717, 1.165) is 30.1 Å². The van der Waals surface area contributed by atoms with Gasteiger partial charge in [0, 0.05) is 24.5 Å². The third-order valence-electron chi connectivity index (χ3n) is 3.36. The van der Waals surface area contributed by atoms with E-state index in [1.54, 1.807) is 13.2 Å². The van der Waals surface area contributed by atoms with Crippen LogP contribution in [0, 0.1) is 5.41 Å². The number of hydrogen-bond donors (Lipinski definition) is 1. The number of carbonyl (C=O) groups excluding carboxylic acids is 1. The van der Waals surface area contributed by atoms with Crippen molar-refractivity contribution in [2.75, 3.05) is 26.7 Å². The van der Waals surface area contributed by atoms with E-state index in [-0.39, 0.29) is 11.3 Å². The maximum Gasteiger partial charge on any atom is 0.264 e. The lowest BCUT2D eigenvalue weighted by molar-refractivity contribution is 0.0781. The molecule has 0 aliphatic carbocycles. The highest BCUT2D eigenvalue weighted by Crippen LogP contribution is 2.31. The molecule has 1 aliphatic heterocycles. The molecule has 2 heterocycles. The van der Waals surface area contributed by atoms with Crippen LogP contribution in [0.15, 0.2) is 11.4 Å². The highest BCUT2D eigenvalue weighted by atomic mass is 32.1. The Labute approximate surface area is 105 Å². The van der Waals surface area contributed by atoms with Gasteiger partial charge in [0.15, 0.2) is 0 Å². The summed E-state index contributed by atoms with van der Waals surface area (Å²) in [6.45, 7) is 4.31. The van der Waals surface area contributed by atoms with Gasteiger partial charge in [0.05, 0.1) is 12.0 Å². The number of methoxy groups -OCH3 is 1. The Bertz CT molecular complexity index is 418. The molecule has 0 spiro atoms. The van der Waals surface area contributed by atoms with Crippen molar-refractivity contribution >= 4 is 17.2 Å². The predicted molar refractivity (Wildman–Crippen MR) is 68.6 cm³/mol. The van der Waals surface area contributed by atoms with E-state index in [0.29, 0.717) is 6.54 Å². The first-order valence-corrected chi connectivity index (χ1v) is 6.58. The molecule has 0 saturated carbocycles. The van der Waals surface area contributed by atoms with Crippen LogP contribution in [0.25, 0.3) is 0 Å². The number of amides is 1. The van der Waals surface area contributed by atoms with Crippen molar-refractivity contribution in [1.82, 2.24) is 4.90 Å². The summed E-state index contributed by atoms with van der Waals surface area (Å²) in [7, 11) is 1.61. The monoisotopic (exact) mass is 254 g/mol. The zero-order valence-corrected chi connectivity index (χ0v) is 11.0. The first-order chi connectivity index (χ1) is 8.08. The molecule has 1 fully saturated rings. The lowest BCUT2D eigenvalue weighted by atomic mass is 9.90. The highest BCUT2D eigenvalue weighted by Gasteiger charge is 2.35. The van der Waals surface area contributed by atoms with Crippen LogP contribution in [0.4, 0.5) is 0 Å². The minimum atomic E-state index is 0.0804. The second-order valence-corrected chi connectivity index (χ2v) is 5.75. The Balaban J connectivity index is 2.06. The van der Waals surface area contributed by atoms with Crippen LogP contribution < -0.4 is 10.5 Å². The predicted octanol–water partition coefficient (Wildman–Crippen LogP) is 1.57. The Morgan fingerprint density at radius 2 is 2.47 bits per heavy atom. The summed E-state index contributed by atoms with van der Waals surface area (Å²) in [6, 6.07) is 1.80. The van der Waals surface area contributed by atoms with E-state index in [1.807, 2.05) is 10.3 Å². The molecule has 1 aromatic heterocycles. The molecule has 1 aromatic rings. The van der Waals surface area contributed by atoms with Gasteiger partial charge in [-0.1, -0.05) is 6.92 Å². The average Bonchev–Trinajstić information content (AvgIpc) is 2.95. The van der Waals surface area contributed by atoms with Gasteiger partial charge in [0.1, 0.15) is 5.75 Å². The molecule has 1 aliphatic rings. The summed E-state index contributed by atoms with van der Waals surface area (Å²) < 4.78 is 5.09. The van der Waals surface area contributed by atoms with Gasteiger partial charge in [-0.2, -0.15) is 0 Å². The number of likely N-dealkylation sites (tertiary alicyclic amines) is 1. The standard InChI is InChI=1S/C12H18N2O2S/c1-12(7-13)3-4-14(8-12)11(15)10-5-9(16-2)6-17-10/h5-6H,3-4,7-8,13H2,1-2H3. The smallest absolute Gasteiger partial charge is 0.264 e. The SMILES string of the molecule is COc1csc(C(=O)N2CCC(C)(CN)C2)c1. The van der Waals surface area contributed by atoms with Gasteiger partial charge in [-0.15, -0.1) is 11.3 Å². The zero-order chi connectivity index (χ0) is 12.5. The van der Waals surface area contributed by atoms with E-state index in [4.69, 9.17) is 10.5 Å². The summed E-state index contributed by atoms with van der Waals surface area (Å²) in [5.41, 5.74) is 5.82. The Hall–Kier alpha value is -1.07. The Kier molecular flexibility index (Phi) is 3.40. The minimum absolute atomic E-state index is 0.0804. The number of nitrogens with zero attached hydrogens (tertiary/aromatic N) is 1. The van der Waals surface area contributed by atoms with Crippen molar-refractivity contribution < 1.29 is 9.53 Å². The van der Waals surface area contributed by atoms with Crippen molar-refractivity contribution in [2.45, 2.75) is 13.3 Å². The summed E-state index contributed by atoms with van der Waals surface area (Å²) in [5.74, 6) is 0.842. The maximum atomic E-state index is 12.2. The van der Waals surface area contributed by atoms with Gasteiger partial charge in [-0.3, -0.25) is 4.79 Å². The quantitative estimate of drug-likeness (QED) is 0.890. The Morgan fingerprint density at radius 3 is 3.00 bits per heavy atom. The highest BCUT2D eigenvalue weighted by molar-refractivity contribution is 7.12. The maximum absolute atomic E-state index is 12.2. The van der Waals surface area contributed by atoms with Crippen LogP contribution in [-0.2, 0) is 0 Å². The third-order valence-corrected chi connectivity index (χ3v) is 4.26. The van der Waals surface area contributed by atoms with E-state index in [2.05, 4.69) is 6.92 Å². The van der Waals surface area contributed by atoms with Crippen molar-refractivity contribution in [2.24, 2.45) is 11.1 Å². The molecule has 4 nitrogen and oxygen atoms in total. The summed E-state index contributed by atoms with van der Waals surface area (Å²) in [5, 5.41) is 1.85. The first-order valence-electron chi connectivity index (χ1n) is 5.70. The van der Waals surface area contributed by atoms with Crippen LogP contribution in [0.3, 0.4) is 0 Å². The van der Waals surface area contributed by atoms with Crippen LogP contribution in [0.2, 0.25) is 0 Å². The average molecular weight is 254 g/mol. The fourth-order valence-corrected chi connectivity index (χ4v) is 2.88. The topological polar surface area (TPSA) is 55.6 Å². The van der Waals surface area contributed by atoms with Crippen LogP contribution in [0.1, 0.15) is 23.0 Å². The van der Waals surface area contributed by atoms with Crippen molar-refractivity contribution in [1.29, 1.82) is 0 Å². The lowest BCUT2D eigenvalue weighted by Crippen LogP contribution is -2.34. The van der Waals surface area contributed by atoms with Gasteiger partial charge in [-0.25, -0.2) is 0 Å². The number of ether oxygens (including phenoxy) is 1. The number of thiophene rings is 1. The van der Waals surface area contributed by atoms with Crippen LogP contribution in [-0.4, -0.2) is 37.6 Å². The molecule has 0 aromatic carbocycles. The molecular weight excluding hydrogens is 236 g/mol. The molecular formula is C12H18N2O2S. The summed E-state index contributed by atoms with van der Waals surface area (Å²) in [6.07, 6.45) is 0.984. The van der Waals surface area contributed by atoms with Crippen LogP contribution in [0.5, 0.6) is 5.75 Å². The van der Waals surface area contributed by atoms with Crippen molar-refractivity contribution in [3.63, 3.8) is 0 Å². The van der Waals surface area contributed by atoms with Gasteiger partial charge in [0.25, 0.3) is 5.91 Å². The second-order valence-electron chi connectivity index (χ2n) is 4.84. The molecule has 1 unspecified atom stereocenters. The number of nitrogens with two attached hydrogens (primary N) is 1. The van der Waals surface area contributed by atoms with E-state index >= 15 is 0 Å². The molecule has 94 valence electrons. The third kappa shape index (κ3) is 2.45. The molecule has 2 rings (SSSR count). The molecule has 0 radical (unpaired) electrons. The summed E-state index contributed by atoms with van der Waals surface area (Å²) in [4.78, 5) is 14.8. The molecule has 2 N–H and O–H groups in total. The summed E-state index contributed by atoms with van der Waals surface area (Å²) >= 11 is 1.43. The van der Waals surface area contributed by atoms with E-state index < -0.39 is 0 Å². The molecule has 5 heteroatoms. The van der Waals surface area contributed by atoms with Gasteiger partial charge < -0.3 is 15.4 Å². The largest absolute Gasteiger partial charge is 0.496 e. The number of hydrogen-bond acceptors (Lipinski definition) is 4. The zero-order valence-electron chi connectivity index (χ0n) is 10.2. The van der Waals surface area contributed by atoms with Crippen molar-refractivity contribution in [3.05, 3.63) is 16.3 Å². The second kappa shape index (κ2) is 4.66. The van der Waals surface area contributed by atoms with Gasteiger partial charge >= 0.3 is 0 Å². The van der Waals surface area contributed by atoms with E-state index in [1.165, 1.54) is 11.3 Å². The molecule has 1 amide bonds. The fourth-order valence-electron chi connectivity index (χ4n) is 2.06. The number of rotatable bonds is 3. The molecule has 0 bridgehead atoms. The first kappa shape index (κ1) is 12.4. The molecule has 1 atom stereocenters. The van der Waals surface area contributed by atoms with Gasteiger partial charge in [0.2, 0.25) is 0 Å². The number of carbonyl (C=O) groups is 1. The minimum Gasteiger partial charge on any atom is -0.496 e. The van der Waals surface area contributed by atoms with Gasteiger partial charge in [-0.05, 0) is 18.4 Å². The molecule has 1 saturated heterocycles. The lowest BCUT2D eigenvalue weighted by Gasteiger charge is -2.22. The van der Waals surface area contributed by atoms with Crippen LogP contribution >= 0.6 is 11.3 Å². The van der Waals surface area contributed by atoms with Crippen molar-refractivity contribution in [3.8, 4) is 5.75 Å². The fraction of sp³-hybridized carbons (Fsp3) is 0.583. The molecule has 17 heavy (non-hydrogen) atoms. The van der Waals surface area contributed by atoms with E-state index in [9.17, 15) is 4.79 Å². The normalized spacial score (nSPS) is 24.1. The Morgan fingerprint density at radius 1 is 1.71 bits per heavy atom.